The minimum Gasteiger partial charge on any atom is -0.378 e. The van der Waals surface area contributed by atoms with Crippen LogP contribution >= 0.6 is 11.3 Å². The molecule has 2 aliphatic rings. The highest BCUT2D eigenvalue weighted by molar-refractivity contribution is 7.08. The topological polar surface area (TPSA) is 108 Å². The number of anilines is 2. The molecule has 32 heavy (non-hydrogen) atoms. The van der Waals surface area contributed by atoms with Crippen molar-refractivity contribution in [3.8, 4) is 22.6 Å². The maximum Gasteiger partial charge on any atom is 0.228 e. The predicted molar refractivity (Wildman–Crippen MR) is 125 cm³/mol. The van der Waals surface area contributed by atoms with E-state index in [-0.39, 0.29) is 5.95 Å². The number of nitrogens with zero attached hydrogens (tertiary/aromatic N) is 7. The highest BCUT2D eigenvalue weighted by Gasteiger charge is 2.28. The summed E-state index contributed by atoms with van der Waals surface area (Å²) in [6.07, 6.45) is 8.17. The van der Waals surface area contributed by atoms with Gasteiger partial charge in [0.05, 0.1) is 13.2 Å². The Morgan fingerprint density at radius 2 is 1.78 bits per heavy atom. The quantitative estimate of drug-likeness (QED) is 0.505. The van der Waals surface area contributed by atoms with E-state index in [9.17, 15) is 0 Å². The van der Waals surface area contributed by atoms with Crippen LogP contribution in [0.2, 0.25) is 0 Å². The summed E-state index contributed by atoms with van der Waals surface area (Å²) in [7, 11) is 0. The molecule has 0 atom stereocenters. The fourth-order valence-electron chi connectivity index (χ4n) is 4.63. The molecule has 1 saturated carbocycles. The molecule has 10 heteroatoms. The number of hydrogen-bond acceptors (Lipinski definition) is 9. The van der Waals surface area contributed by atoms with Crippen molar-refractivity contribution in [2.24, 2.45) is 0 Å². The van der Waals surface area contributed by atoms with Crippen LogP contribution in [0.5, 0.6) is 0 Å². The molecule has 1 aliphatic heterocycles. The van der Waals surface area contributed by atoms with E-state index in [1.165, 1.54) is 12.8 Å². The van der Waals surface area contributed by atoms with Crippen molar-refractivity contribution in [3.63, 3.8) is 0 Å². The first-order chi connectivity index (χ1) is 15.8. The van der Waals surface area contributed by atoms with Gasteiger partial charge in [0.1, 0.15) is 17.0 Å². The van der Waals surface area contributed by atoms with E-state index >= 15 is 0 Å². The lowest BCUT2D eigenvalue weighted by molar-refractivity contribution is 0.122. The molecule has 0 spiro atoms. The van der Waals surface area contributed by atoms with Gasteiger partial charge in [0.25, 0.3) is 0 Å². The summed E-state index contributed by atoms with van der Waals surface area (Å²) in [5, 5.41) is 4.24. The second-order valence-corrected chi connectivity index (χ2v) is 9.01. The lowest BCUT2D eigenvalue weighted by atomic mass is 10.2. The molecule has 1 aliphatic carbocycles. The molecule has 0 aromatic carbocycles. The monoisotopic (exact) mass is 448 g/mol. The summed E-state index contributed by atoms with van der Waals surface area (Å²) < 4.78 is 7.89. The SMILES string of the molecule is Nc1ncc(-c2nc(N3CCOCC3)nc3c2nc(-c2ccsc2)n3C2CCCC2)cn1. The molecule has 6 rings (SSSR count). The number of aromatic nitrogens is 6. The number of morpholine rings is 1. The predicted octanol–water partition coefficient (Wildman–Crippen LogP) is 3.55. The highest BCUT2D eigenvalue weighted by Crippen LogP contribution is 2.39. The lowest BCUT2D eigenvalue weighted by Crippen LogP contribution is -2.37. The van der Waals surface area contributed by atoms with Crippen molar-refractivity contribution >= 4 is 34.4 Å². The number of hydrogen-bond donors (Lipinski definition) is 1. The van der Waals surface area contributed by atoms with Gasteiger partial charge in [-0.05, 0) is 24.3 Å². The zero-order valence-corrected chi connectivity index (χ0v) is 18.5. The molecule has 9 nitrogen and oxygen atoms in total. The smallest absolute Gasteiger partial charge is 0.228 e. The average molecular weight is 449 g/mol. The van der Waals surface area contributed by atoms with Gasteiger partial charge in [-0.3, -0.25) is 0 Å². The molecule has 0 radical (unpaired) electrons. The molecule has 1 saturated heterocycles. The Morgan fingerprint density at radius 3 is 2.50 bits per heavy atom. The molecule has 2 N–H and O–H groups in total. The van der Waals surface area contributed by atoms with Gasteiger partial charge in [-0.25, -0.2) is 19.9 Å². The number of nitrogen functional groups attached to an aromatic ring is 1. The third kappa shape index (κ3) is 3.39. The minimum atomic E-state index is 0.239. The molecule has 164 valence electrons. The summed E-state index contributed by atoms with van der Waals surface area (Å²) in [4.78, 5) is 25.7. The Balaban J connectivity index is 1.62. The Labute approximate surface area is 189 Å². The first kappa shape index (κ1) is 19.6. The zero-order chi connectivity index (χ0) is 21.5. The van der Waals surface area contributed by atoms with Crippen LogP contribution in [0.1, 0.15) is 31.7 Å². The lowest BCUT2D eigenvalue weighted by Gasteiger charge is -2.27. The van der Waals surface area contributed by atoms with Crippen molar-refractivity contribution in [1.82, 2.24) is 29.5 Å². The van der Waals surface area contributed by atoms with Crippen LogP contribution in [0.4, 0.5) is 11.9 Å². The van der Waals surface area contributed by atoms with Gasteiger partial charge < -0.3 is 19.9 Å². The second kappa shape index (κ2) is 8.10. The maximum absolute atomic E-state index is 5.74. The van der Waals surface area contributed by atoms with Crippen LogP contribution in [-0.2, 0) is 4.74 Å². The Bertz CT molecular complexity index is 1230. The van der Waals surface area contributed by atoms with Gasteiger partial charge in [-0.1, -0.05) is 12.8 Å². The van der Waals surface area contributed by atoms with Gasteiger partial charge >= 0.3 is 0 Å². The van der Waals surface area contributed by atoms with Crippen LogP contribution in [0, 0.1) is 0 Å². The third-order valence-electron chi connectivity index (χ3n) is 6.24. The van der Waals surface area contributed by atoms with E-state index in [0.717, 1.165) is 59.7 Å². The number of fused-ring (bicyclic) bond motifs is 1. The molecule has 0 bridgehead atoms. The van der Waals surface area contributed by atoms with E-state index < -0.39 is 0 Å². The van der Waals surface area contributed by atoms with E-state index in [4.69, 9.17) is 25.4 Å². The second-order valence-electron chi connectivity index (χ2n) is 8.23. The molecule has 5 heterocycles. The maximum atomic E-state index is 5.74. The van der Waals surface area contributed by atoms with Crippen molar-refractivity contribution in [3.05, 3.63) is 29.2 Å². The van der Waals surface area contributed by atoms with Crippen molar-refractivity contribution in [2.45, 2.75) is 31.7 Å². The Kier molecular flexibility index (Phi) is 4.95. The van der Waals surface area contributed by atoms with Crippen LogP contribution in [0.25, 0.3) is 33.8 Å². The fourth-order valence-corrected chi connectivity index (χ4v) is 5.27. The molecule has 0 unspecified atom stereocenters. The number of imidazole rings is 1. The number of rotatable bonds is 4. The van der Waals surface area contributed by atoms with Gasteiger partial charge in [-0.15, -0.1) is 0 Å². The fraction of sp³-hybridized carbons (Fsp3) is 0.409. The molecule has 0 amide bonds. The zero-order valence-electron chi connectivity index (χ0n) is 17.6. The third-order valence-corrected chi connectivity index (χ3v) is 6.92. The normalized spacial score (nSPS) is 17.4. The number of nitrogens with two attached hydrogens (primary N) is 1. The molecular formula is C22H24N8OS. The molecular weight excluding hydrogens is 424 g/mol. The average Bonchev–Trinajstić information content (AvgIpc) is 3.59. The summed E-state index contributed by atoms with van der Waals surface area (Å²) in [6, 6.07) is 2.51. The van der Waals surface area contributed by atoms with Crippen LogP contribution in [-0.4, -0.2) is 55.8 Å². The van der Waals surface area contributed by atoms with E-state index in [0.29, 0.717) is 25.2 Å². The van der Waals surface area contributed by atoms with Crippen LogP contribution in [0.3, 0.4) is 0 Å². The summed E-state index contributed by atoms with van der Waals surface area (Å²) in [5.74, 6) is 1.89. The summed E-state index contributed by atoms with van der Waals surface area (Å²) in [6.45, 7) is 2.86. The van der Waals surface area contributed by atoms with E-state index in [1.54, 1.807) is 23.7 Å². The first-order valence-corrected chi connectivity index (χ1v) is 12.0. The first-order valence-electron chi connectivity index (χ1n) is 11.0. The van der Waals surface area contributed by atoms with Crippen molar-refractivity contribution < 1.29 is 4.74 Å². The van der Waals surface area contributed by atoms with Gasteiger partial charge in [0.15, 0.2) is 5.65 Å². The molecule has 4 aromatic heterocycles. The van der Waals surface area contributed by atoms with Crippen molar-refractivity contribution in [2.75, 3.05) is 36.9 Å². The Hall–Kier alpha value is -3.11. The van der Waals surface area contributed by atoms with Gasteiger partial charge in [0, 0.05) is 48.0 Å². The molecule has 4 aromatic rings. The van der Waals surface area contributed by atoms with Gasteiger partial charge in [0.2, 0.25) is 11.9 Å². The summed E-state index contributed by atoms with van der Waals surface area (Å²) in [5.41, 5.74) is 10.0. The van der Waals surface area contributed by atoms with E-state index in [1.807, 2.05) is 0 Å². The van der Waals surface area contributed by atoms with E-state index in [2.05, 4.69) is 36.3 Å². The largest absolute Gasteiger partial charge is 0.378 e. The standard InChI is InChI=1S/C22H24N8OS/c23-21-24-11-15(12-25-21)17-18-20(28-22(27-17)29-6-8-31-9-7-29)30(16-3-1-2-4-16)19(26-18)14-5-10-32-13-14/h5,10-13,16H,1-4,6-9H2,(H2,23,24,25). The number of ether oxygens (including phenoxy) is 1. The van der Waals surface area contributed by atoms with Crippen LogP contribution in [0.15, 0.2) is 29.2 Å². The minimum absolute atomic E-state index is 0.239. The summed E-state index contributed by atoms with van der Waals surface area (Å²) >= 11 is 1.68. The van der Waals surface area contributed by atoms with Crippen molar-refractivity contribution in [1.29, 1.82) is 0 Å². The van der Waals surface area contributed by atoms with Gasteiger partial charge in [-0.2, -0.15) is 16.3 Å². The number of thiophene rings is 1. The highest BCUT2D eigenvalue weighted by atomic mass is 32.1. The molecule has 2 fully saturated rings. The van der Waals surface area contributed by atoms with Crippen LogP contribution < -0.4 is 10.6 Å². The Morgan fingerprint density at radius 1 is 1.00 bits per heavy atom.